The largest absolute Gasteiger partial charge is 0.376 e. The van der Waals surface area contributed by atoms with E-state index < -0.39 is 14.9 Å². The number of benzene rings is 1. The number of nitro groups is 1. The lowest BCUT2D eigenvalue weighted by molar-refractivity contribution is -0.384. The van der Waals surface area contributed by atoms with Crippen molar-refractivity contribution in [1.82, 2.24) is 14.5 Å². The van der Waals surface area contributed by atoms with E-state index in [1.54, 1.807) is 10.9 Å². The highest BCUT2D eigenvalue weighted by Crippen LogP contribution is 2.17. The highest BCUT2D eigenvalue weighted by Gasteiger charge is 2.17. The average molecular weight is 352 g/mol. The first-order valence-electron chi connectivity index (χ1n) is 7.33. The van der Waals surface area contributed by atoms with Gasteiger partial charge in [0.1, 0.15) is 0 Å². The summed E-state index contributed by atoms with van der Waals surface area (Å²) in [6.45, 7) is 1.74. The van der Waals surface area contributed by atoms with Gasteiger partial charge in [-0.1, -0.05) is 0 Å². The van der Waals surface area contributed by atoms with Crippen LogP contribution in [0.25, 0.3) is 0 Å². The van der Waals surface area contributed by atoms with Crippen molar-refractivity contribution in [2.45, 2.75) is 24.5 Å². The van der Waals surface area contributed by atoms with Crippen LogP contribution < -0.4 is 4.72 Å². The molecule has 128 valence electrons. The molecule has 0 amide bonds. The van der Waals surface area contributed by atoms with Crippen LogP contribution in [0.15, 0.2) is 35.4 Å². The summed E-state index contributed by atoms with van der Waals surface area (Å²) in [5.74, 6) is 0. The number of nitro benzene ring substituents is 1. The second-order valence-corrected chi connectivity index (χ2v) is 7.06. The van der Waals surface area contributed by atoms with Crippen LogP contribution in [0.2, 0.25) is 0 Å². The summed E-state index contributed by atoms with van der Waals surface area (Å²) in [5.41, 5.74) is 1.94. The fourth-order valence-electron chi connectivity index (χ4n) is 2.52. The predicted octanol–water partition coefficient (Wildman–Crippen LogP) is 0.842. The van der Waals surface area contributed by atoms with Gasteiger partial charge in [-0.3, -0.25) is 14.8 Å². The molecule has 9 nitrogen and oxygen atoms in total. The van der Waals surface area contributed by atoms with Crippen molar-refractivity contribution >= 4 is 15.7 Å². The molecule has 0 bridgehead atoms. The van der Waals surface area contributed by atoms with E-state index >= 15 is 0 Å². The Hall–Kier alpha value is -2.30. The van der Waals surface area contributed by atoms with Crippen molar-refractivity contribution in [3.8, 4) is 0 Å². The highest BCUT2D eigenvalue weighted by molar-refractivity contribution is 7.89. The molecule has 0 saturated heterocycles. The SMILES string of the molecule is O=[N+]([O-])c1ccc(S(=O)(=O)NCCn2ncc3c2CCOC3)cc1. The Kier molecular flexibility index (Phi) is 4.60. The molecule has 10 heteroatoms. The fourth-order valence-corrected chi connectivity index (χ4v) is 3.54. The van der Waals surface area contributed by atoms with Crippen molar-refractivity contribution in [3.05, 3.63) is 51.8 Å². The summed E-state index contributed by atoms with van der Waals surface area (Å²) < 4.78 is 34.0. The molecule has 1 aliphatic heterocycles. The van der Waals surface area contributed by atoms with Crippen LogP contribution in [-0.2, 0) is 34.3 Å². The molecule has 1 aromatic heterocycles. The van der Waals surface area contributed by atoms with Gasteiger partial charge in [-0.05, 0) is 12.1 Å². The summed E-state index contributed by atoms with van der Waals surface area (Å²) in [7, 11) is -3.72. The van der Waals surface area contributed by atoms with Crippen molar-refractivity contribution in [2.75, 3.05) is 13.2 Å². The van der Waals surface area contributed by atoms with Crippen LogP contribution in [-0.4, -0.2) is 36.3 Å². The number of aromatic nitrogens is 2. The smallest absolute Gasteiger partial charge is 0.269 e. The maximum atomic E-state index is 12.2. The van der Waals surface area contributed by atoms with Gasteiger partial charge in [0.15, 0.2) is 0 Å². The quantitative estimate of drug-likeness (QED) is 0.608. The molecule has 2 heterocycles. The topological polar surface area (TPSA) is 116 Å². The molecule has 1 aromatic carbocycles. The molecular weight excluding hydrogens is 336 g/mol. The molecule has 0 radical (unpaired) electrons. The molecule has 24 heavy (non-hydrogen) atoms. The fraction of sp³-hybridized carbons (Fsp3) is 0.357. The summed E-state index contributed by atoms with van der Waals surface area (Å²) in [4.78, 5) is 10.0. The minimum Gasteiger partial charge on any atom is -0.376 e. The minimum atomic E-state index is -3.72. The Morgan fingerprint density at radius 1 is 1.33 bits per heavy atom. The van der Waals surface area contributed by atoms with Crippen LogP contribution >= 0.6 is 0 Å². The van der Waals surface area contributed by atoms with Crippen LogP contribution in [0.4, 0.5) is 5.69 Å². The normalized spacial score (nSPS) is 14.3. The Morgan fingerprint density at radius 3 is 2.79 bits per heavy atom. The van der Waals surface area contributed by atoms with Gasteiger partial charge in [-0.25, -0.2) is 13.1 Å². The van der Waals surface area contributed by atoms with Crippen LogP contribution in [0, 0.1) is 10.1 Å². The van der Waals surface area contributed by atoms with Crippen LogP contribution in [0.1, 0.15) is 11.3 Å². The first kappa shape index (κ1) is 16.6. The molecule has 1 N–H and O–H groups in total. The molecule has 2 aromatic rings. The van der Waals surface area contributed by atoms with E-state index in [-0.39, 0.29) is 17.1 Å². The van der Waals surface area contributed by atoms with E-state index in [0.29, 0.717) is 19.8 Å². The van der Waals surface area contributed by atoms with Crippen molar-refractivity contribution in [1.29, 1.82) is 0 Å². The van der Waals surface area contributed by atoms with Gasteiger partial charge < -0.3 is 4.74 Å². The number of nitrogens with one attached hydrogen (secondary N) is 1. The van der Waals surface area contributed by atoms with Gasteiger partial charge in [-0.15, -0.1) is 0 Å². The molecular formula is C14H16N4O5S. The maximum Gasteiger partial charge on any atom is 0.269 e. The second kappa shape index (κ2) is 6.67. The molecule has 0 unspecified atom stereocenters. The summed E-state index contributed by atoms with van der Waals surface area (Å²) in [6.07, 6.45) is 2.49. The van der Waals surface area contributed by atoms with Gasteiger partial charge >= 0.3 is 0 Å². The third-order valence-corrected chi connectivity index (χ3v) is 5.23. The lowest BCUT2D eigenvalue weighted by Crippen LogP contribution is -2.28. The van der Waals surface area contributed by atoms with Gasteiger partial charge in [0.25, 0.3) is 5.69 Å². The number of ether oxygens (including phenoxy) is 1. The standard InChI is InChI=1S/C14H16N4O5S/c19-18(20)12-1-3-13(4-2-12)24(21,22)16-6-7-17-14-5-8-23-10-11(14)9-15-17/h1-4,9,16H,5-8,10H2. The molecule has 0 saturated carbocycles. The van der Waals surface area contributed by atoms with Crippen molar-refractivity contribution in [2.24, 2.45) is 0 Å². The lowest BCUT2D eigenvalue weighted by Gasteiger charge is -2.14. The number of non-ortho nitro benzene ring substituents is 1. The van der Waals surface area contributed by atoms with Gasteiger partial charge in [0, 0.05) is 36.4 Å². The van der Waals surface area contributed by atoms with Gasteiger partial charge in [0.05, 0.1) is 35.8 Å². The first-order chi connectivity index (χ1) is 11.5. The Balaban J connectivity index is 1.63. The van der Waals surface area contributed by atoms with E-state index in [1.165, 1.54) is 24.3 Å². The molecule has 3 rings (SSSR count). The van der Waals surface area contributed by atoms with Crippen LogP contribution in [0.3, 0.4) is 0 Å². The van der Waals surface area contributed by atoms with E-state index in [1.807, 2.05) is 0 Å². The Labute approximate surface area is 138 Å². The first-order valence-corrected chi connectivity index (χ1v) is 8.81. The van der Waals surface area contributed by atoms with Crippen molar-refractivity contribution in [3.63, 3.8) is 0 Å². The monoisotopic (exact) mass is 352 g/mol. The van der Waals surface area contributed by atoms with Crippen molar-refractivity contribution < 1.29 is 18.1 Å². The number of hydrogen-bond donors (Lipinski definition) is 1. The highest BCUT2D eigenvalue weighted by atomic mass is 32.2. The average Bonchev–Trinajstić information content (AvgIpc) is 2.98. The zero-order valence-electron chi connectivity index (χ0n) is 12.7. The van der Waals surface area contributed by atoms with E-state index in [9.17, 15) is 18.5 Å². The molecule has 0 spiro atoms. The maximum absolute atomic E-state index is 12.2. The van der Waals surface area contributed by atoms with Gasteiger partial charge in [-0.2, -0.15) is 5.10 Å². The van der Waals surface area contributed by atoms with E-state index in [0.717, 1.165) is 17.7 Å². The second-order valence-electron chi connectivity index (χ2n) is 5.29. The third kappa shape index (κ3) is 3.45. The molecule has 0 fully saturated rings. The zero-order chi connectivity index (χ0) is 17.2. The molecule has 0 aliphatic carbocycles. The minimum absolute atomic E-state index is 0.0102. The number of rotatable bonds is 6. The molecule has 0 atom stereocenters. The van der Waals surface area contributed by atoms with E-state index in [2.05, 4.69) is 9.82 Å². The Morgan fingerprint density at radius 2 is 2.08 bits per heavy atom. The number of hydrogen-bond acceptors (Lipinski definition) is 6. The predicted molar refractivity (Wildman–Crippen MR) is 83.9 cm³/mol. The number of nitrogens with zero attached hydrogens (tertiary/aromatic N) is 3. The van der Waals surface area contributed by atoms with Gasteiger partial charge in [0.2, 0.25) is 10.0 Å². The molecule has 1 aliphatic rings. The Bertz CT molecular complexity index is 845. The van der Waals surface area contributed by atoms with E-state index in [4.69, 9.17) is 4.74 Å². The lowest BCUT2D eigenvalue weighted by atomic mass is 10.2. The summed E-state index contributed by atoms with van der Waals surface area (Å²) in [5, 5.41) is 14.9. The zero-order valence-corrected chi connectivity index (χ0v) is 13.5. The number of sulfonamides is 1. The summed E-state index contributed by atoms with van der Waals surface area (Å²) >= 11 is 0. The summed E-state index contributed by atoms with van der Waals surface area (Å²) in [6, 6.07) is 4.76. The third-order valence-electron chi connectivity index (χ3n) is 3.75. The van der Waals surface area contributed by atoms with Crippen LogP contribution in [0.5, 0.6) is 0 Å². The number of fused-ring (bicyclic) bond motifs is 1.